The van der Waals surface area contributed by atoms with Crippen molar-refractivity contribution in [2.75, 3.05) is 46.3 Å². The summed E-state index contributed by atoms with van der Waals surface area (Å²) in [6.07, 6.45) is 2.49. The molecule has 0 bridgehead atoms. The molecule has 5 nitrogen and oxygen atoms in total. The molecule has 1 unspecified atom stereocenters. The smallest absolute Gasteiger partial charge is 0.188 e. The Morgan fingerprint density at radius 1 is 1.32 bits per heavy atom. The summed E-state index contributed by atoms with van der Waals surface area (Å²) >= 11 is 0. The van der Waals surface area contributed by atoms with Crippen molar-refractivity contribution in [2.45, 2.75) is 25.8 Å². The molecule has 19 heavy (non-hydrogen) atoms. The molecule has 0 aromatic heterocycles. The van der Waals surface area contributed by atoms with Crippen molar-refractivity contribution in [2.24, 2.45) is 16.6 Å². The number of guanidine groups is 1. The van der Waals surface area contributed by atoms with Crippen LogP contribution in [-0.4, -0.2) is 68.1 Å². The van der Waals surface area contributed by atoms with Crippen molar-refractivity contribution < 1.29 is 0 Å². The summed E-state index contributed by atoms with van der Waals surface area (Å²) in [6.45, 7) is 8.95. The predicted octanol–water partition coefficient (Wildman–Crippen LogP) is 0.555. The van der Waals surface area contributed by atoms with Crippen LogP contribution >= 0.6 is 24.0 Å². The van der Waals surface area contributed by atoms with Crippen LogP contribution < -0.4 is 11.1 Å². The molecule has 2 fully saturated rings. The maximum Gasteiger partial charge on any atom is 0.188 e. The summed E-state index contributed by atoms with van der Waals surface area (Å²) in [5, 5.41) is 3.23. The number of nitrogens with two attached hydrogens (primary N) is 1. The van der Waals surface area contributed by atoms with Gasteiger partial charge in [0.05, 0.1) is 0 Å². The number of aliphatic imine (C=N–C) groups is 1. The van der Waals surface area contributed by atoms with E-state index in [2.05, 4.69) is 34.1 Å². The van der Waals surface area contributed by atoms with Gasteiger partial charge in [0.2, 0.25) is 0 Å². The Labute approximate surface area is 134 Å². The molecule has 6 heteroatoms. The SMILES string of the molecule is CC(CN=C(N)NC1CC1)CN1CCN(C)CC1.I. The molecule has 0 aromatic carbocycles. The average molecular weight is 381 g/mol. The van der Waals surface area contributed by atoms with Gasteiger partial charge in [-0.2, -0.15) is 0 Å². The van der Waals surface area contributed by atoms with Gasteiger partial charge < -0.3 is 20.9 Å². The van der Waals surface area contributed by atoms with Crippen molar-refractivity contribution in [1.82, 2.24) is 15.1 Å². The monoisotopic (exact) mass is 381 g/mol. The lowest BCUT2D eigenvalue weighted by molar-refractivity contribution is 0.140. The van der Waals surface area contributed by atoms with E-state index in [1.165, 1.54) is 39.0 Å². The molecule has 1 saturated carbocycles. The first-order chi connectivity index (χ1) is 8.63. The van der Waals surface area contributed by atoms with Crippen LogP contribution in [0.4, 0.5) is 0 Å². The summed E-state index contributed by atoms with van der Waals surface area (Å²) in [5.74, 6) is 1.20. The standard InChI is InChI=1S/C13H27N5.HI/c1-11(9-15-13(14)16-12-3-4-12)10-18-7-5-17(2)6-8-18;/h11-12H,3-10H2,1-2H3,(H3,14,15,16);1H. The van der Waals surface area contributed by atoms with Crippen LogP contribution in [0.25, 0.3) is 0 Å². The van der Waals surface area contributed by atoms with Crippen LogP contribution in [-0.2, 0) is 0 Å². The van der Waals surface area contributed by atoms with Gasteiger partial charge in [-0.05, 0) is 25.8 Å². The second-order valence-corrected chi connectivity index (χ2v) is 5.85. The molecule has 1 aliphatic heterocycles. The van der Waals surface area contributed by atoms with Crippen LogP contribution in [0.1, 0.15) is 19.8 Å². The average Bonchev–Trinajstić information content (AvgIpc) is 3.13. The highest BCUT2D eigenvalue weighted by atomic mass is 127. The highest BCUT2D eigenvalue weighted by molar-refractivity contribution is 14.0. The van der Waals surface area contributed by atoms with Crippen LogP contribution in [0.3, 0.4) is 0 Å². The number of likely N-dealkylation sites (N-methyl/N-ethyl adjacent to an activating group) is 1. The van der Waals surface area contributed by atoms with Gasteiger partial charge in [-0.3, -0.25) is 4.99 Å². The van der Waals surface area contributed by atoms with Crippen LogP contribution in [0.15, 0.2) is 4.99 Å². The van der Waals surface area contributed by atoms with E-state index >= 15 is 0 Å². The molecule has 0 amide bonds. The van der Waals surface area contributed by atoms with Crippen molar-refractivity contribution in [1.29, 1.82) is 0 Å². The van der Waals surface area contributed by atoms with Crippen LogP contribution in [0.2, 0.25) is 0 Å². The number of hydrogen-bond acceptors (Lipinski definition) is 3. The van der Waals surface area contributed by atoms with Gasteiger partial charge in [-0.15, -0.1) is 24.0 Å². The molecule has 3 N–H and O–H groups in total. The highest BCUT2D eigenvalue weighted by Gasteiger charge is 2.21. The van der Waals surface area contributed by atoms with E-state index in [9.17, 15) is 0 Å². The molecule has 1 atom stereocenters. The summed E-state index contributed by atoms with van der Waals surface area (Å²) in [6, 6.07) is 0.599. The van der Waals surface area contributed by atoms with Crippen molar-refractivity contribution in [3.05, 3.63) is 0 Å². The van der Waals surface area contributed by atoms with Crippen molar-refractivity contribution >= 4 is 29.9 Å². The number of nitrogens with zero attached hydrogens (tertiary/aromatic N) is 3. The first kappa shape index (κ1) is 17.0. The lowest BCUT2D eigenvalue weighted by atomic mass is 10.1. The largest absolute Gasteiger partial charge is 0.370 e. The molecule has 0 spiro atoms. The van der Waals surface area contributed by atoms with E-state index in [0.717, 1.165) is 13.1 Å². The molecule has 0 radical (unpaired) electrons. The second-order valence-electron chi connectivity index (χ2n) is 5.85. The molecule has 1 heterocycles. The maximum absolute atomic E-state index is 5.83. The maximum atomic E-state index is 5.83. The number of rotatable bonds is 5. The van der Waals surface area contributed by atoms with Gasteiger partial charge >= 0.3 is 0 Å². The molecule has 2 aliphatic rings. The first-order valence-corrected chi connectivity index (χ1v) is 7.11. The number of halogens is 1. The number of piperazine rings is 1. The van der Waals surface area contributed by atoms with Gasteiger partial charge in [0.1, 0.15) is 0 Å². The summed E-state index contributed by atoms with van der Waals surface area (Å²) in [7, 11) is 2.19. The number of nitrogens with one attached hydrogen (secondary N) is 1. The molecular formula is C13H28IN5. The highest BCUT2D eigenvalue weighted by Crippen LogP contribution is 2.18. The Balaban J connectivity index is 0.00000180. The normalized spacial score (nSPS) is 23.8. The van der Waals surface area contributed by atoms with E-state index in [-0.39, 0.29) is 24.0 Å². The molecule has 1 saturated heterocycles. The Morgan fingerprint density at radius 2 is 1.95 bits per heavy atom. The van der Waals surface area contributed by atoms with E-state index in [4.69, 9.17) is 5.73 Å². The minimum atomic E-state index is 0. The lowest BCUT2D eigenvalue weighted by Gasteiger charge is -2.33. The number of hydrogen-bond donors (Lipinski definition) is 2. The molecule has 112 valence electrons. The minimum absolute atomic E-state index is 0. The van der Waals surface area contributed by atoms with Gasteiger partial charge in [0.25, 0.3) is 0 Å². The van der Waals surface area contributed by atoms with E-state index < -0.39 is 0 Å². The molecular weight excluding hydrogens is 353 g/mol. The molecule has 0 aromatic rings. The summed E-state index contributed by atoms with van der Waals surface area (Å²) in [4.78, 5) is 9.35. The predicted molar refractivity (Wildman–Crippen MR) is 91.2 cm³/mol. The third-order valence-electron chi connectivity index (χ3n) is 3.67. The minimum Gasteiger partial charge on any atom is -0.370 e. The zero-order valence-corrected chi connectivity index (χ0v) is 14.5. The van der Waals surface area contributed by atoms with Gasteiger partial charge in [0, 0.05) is 45.3 Å². The van der Waals surface area contributed by atoms with Gasteiger partial charge in [-0.1, -0.05) is 6.92 Å². The summed E-state index contributed by atoms with van der Waals surface area (Å²) < 4.78 is 0. The molecule has 1 aliphatic carbocycles. The zero-order valence-electron chi connectivity index (χ0n) is 12.1. The van der Waals surface area contributed by atoms with Gasteiger partial charge in [0.15, 0.2) is 5.96 Å². The fourth-order valence-electron chi connectivity index (χ4n) is 2.27. The lowest BCUT2D eigenvalue weighted by Crippen LogP contribution is -2.46. The topological polar surface area (TPSA) is 56.9 Å². The van der Waals surface area contributed by atoms with E-state index in [0.29, 0.717) is 17.9 Å². The zero-order chi connectivity index (χ0) is 13.0. The Hall–Kier alpha value is -0.0800. The Morgan fingerprint density at radius 3 is 2.53 bits per heavy atom. The Bertz CT molecular complexity index is 285. The Kier molecular flexibility index (Phi) is 7.38. The fourth-order valence-corrected chi connectivity index (χ4v) is 2.27. The summed E-state index contributed by atoms with van der Waals surface area (Å²) in [5.41, 5.74) is 5.83. The third kappa shape index (κ3) is 6.76. The van der Waals surface area contributed by atoms with Gasteiger partial charge in [-0.25, -0.2) is 0 Å². The van der Waals surface area contributed by atoms with Crippen LogP contribution in [0, 0.1) is 5.92 Å². The fraction of sp³-hybridized carbons (Fsp3) is 0.923. The second kappa shape index (κ2) is 8.26. The third-order valence-corrected chi connectivity index (χ3v) is 3.67. The van der Waals surface area contributed by atoms with Crippen molar-refractivity contribution in [3.63, 3.8) is 0 Å². The quantitative estimate of drug-likeness (QED) is 0.415. The van der Waals surface area contributed by atoms with E-state index in [1.807, 2.05) is 0 Å². The molecule has 2 rings (SSSR count). The van der Waals surface area contributed by atoms with Crippen LogP contribution in [0.5, 0.6) is 0 Å². The van der Waals surface area contributed by atoms with Crippen molar-refractivity contribution in [3.8, 4) is 0 Å². The van der Waals surface area contributed by atoms with E-state index in [1.54, 1.807) is 0 Å². The first-order valence-electron chi connectivity index (χ1n) is 7.11.